The molecular formula is C62H48Cl2Ti2-2. The molecule has 0 radical (unpaired) electrons. The molecule has 0 saturated heterocycles. The summed E-state index contributed by atoms with van der Waals surface area (Å²) in [7, 11) is 0. The summed E-state index contributed by atoms with van der Waals surface area (Å²) in [6.45, 7) is 0. The summed E-state index contributed by atoms with van der Waals surface area (Å²) >= 11 is 4.31. The van der Waals surface area contributed by atoms with Crippen molar-refractivity contribution < 1.29 is 64.8 Å². The third-order valence-corrected chi connectivity index (χ3v) is 12.2. The molecule has 0 spiro atoms. The van der Waals surface area contributed by atoms with Gasteiger partial charge in [-0.2, -0.15) is 70.1 Å². The fourth-order valence-corrected chi connectivity index (χ4v) is 8.07. The molecule has 0 N–H and O–H groups in total. The van der Waals surface area contributed by atoms with Gasteiger partial charge in [0.1, 0.15) is 0 Å². The van der Waals surface area contributed by atoms with Gasteiger partial charge in [0.15, 0.2) is 0 Å². The number of hydrogen-bond donors (Lipinski definition) is 0. The molecule has 0 atom stereocenters. The van der Waals surface area contributed by atoms with Crippen molar-refractivity contribution in [2.24, 2.45) is 0 Å². The summed E-state index contributed by atoms with van der Waals surface area (Å²) in [6, 6.07) is 101. The van der Waals surface area contributed by atoms with Crippen molar-refractivity contribution in [1.82, 2.24) is 0 Å². The van der Waals surface area contributed by atoms with Crippen molar-refractivity contribution in [3.8, 4) is 0 Å². The zero-order chi connectivity index (χ0) is 44.0. The molecule has 0 aliphatic rings. The Bertz CT molecular complexity index is 2640. The Kier molecular flexibility index (Phi) is 21.7. The summed E-state index contributed by atoms with van der Waals surface area (Å²) in [4.78, 5) is 0. The summed E-state index contributed by atoms with van der Waals surface area (Å²) in [5.74, 6) is 0. The van der Waals surface area contributed by atoms with E-state index in [1.165, 1.54) is 73.0 Å². The predicted octanol–water partition coefficient (Wildman–Crippen LogP) is 9.85. The second-order valence-corrected chi connectivity index (χ2v) is 16.4. The molecule has 12 rings (SSSR count). The van der Waals surface area contributed by atoms with E-state index in [4.69, 9.17) is 0 Å². The standard InChI is InChI=1S/2C13H10.4C9H7.2ClH.2Ti/c2*1-3-7-12(8-4-1)11-13-9-5-2-6-10-13;4*1-2-5-9-7-3-6-8(9)4-1;;;;/h2*1-10H;4*1-7H;2*1H;;/q;;4*-1;;;2*+2/p-2. The Morgan fingerprint density at radius 2 is 0.409 bits per heavy atom. The smallest absolute Gasteiger partial charge is 0.0809 e. The van der Waals surface area contributed by atoms with E-state index in [0.717, 1.165) is 0 Å². The van der Waals surface area contributed by atoms with E-state index >= 15 is 0 Å². The molecule has 0 nitrogen and oxygen atoms in total. The number of halogens is 2. The summed E-state index contributed by atoms with van der Waals surface area (Å²) in [5, 5.41) is 10.6. The Morgan fingerprint density at radius 1 is 0.227 bits per heavy atom. The Balaban J connectivity index is 0.000000149. The van der Waals surface area contributed by atoms with Gasteiger partial charge in [0.05, 0.1) is 0 Å². The van der Waals surface area contributed by atoms with Crippen molar-refractivity contribution in [3.05, 3.63) is 313 Å². The average molecular weight is 960 g/mol. The van der Waals surface area contributed by atoms with E-state index in [0.29, 0.717) is 0 Å². The molecule has 0 amide bonds. The first kappa shape index (κ1) is 50.9. The van der Waals surface area contributed by atoms with Gasteiger partial charge < -0.3 is 24.8 Å². The maximum absolute atomic E-state index is 2.16. The summed E-state index contributed by atoms with van der Waals surface area (Å²) < 4.78 is 2.65. The molecule has 320 valence electrons. The molecule has 12 aromatic rings. The molecule has 0 aromatic heterocycles. The summed E-state index contributed by atoms with van der Waals surface area (Å²) in [5.41, 5.74) is 5.16. The fourth-order valence-electron chi connectivity index (χ4n) is 7.03. The van der Waals surface area contributed by atoms with Crippen LogP contribution in [-0.2, 0) is 39.9 Å². The first-order chi connectivity index (χ1) is 31.6. The van der Waals surface area contributed by atoms with Crippen molar-refractivity contribution in [1.29, 1.82) is 0 Å². The SMILES string of the molecule is [Cl-].[Cl-].[Ti+2]=[C](c1ccccc1)c1ccccc1.[Ti+2]=[C](c1ccccc1)c1ccccc1.c1ccc2[cH-]ccc2c1.c1ccc2[cH-]ccc2c1.c1ccc2[cH-]ccc2c1.c1ccc2[cH-]ccc2c1. The van der Waals surface area contributed by atoms with Gasteiger partial charge in [0.25, 0.3) is 0 Å². The van der Waals surface area contributed by atoms with Gasteiger partial charge in [-0.1, -0.05) is 24.3 Å². The molecule has 0 aliphatic heterocycles. The van der Waals surface area contributed by atoms with Crippen LogP contribution in [0.15, 0.2) is 291 Å². The van der Waals surface area contributed by atoms with Crippen LogP contribution in [0.25, 0.3) is 43.1 Å². The van der Waals surface area contributed by atoms with Crippen molar-refractivity contribution >= 4 is 50.7 Å². The second kappa shape index (κ2) is 28.1. The number of fused-ring (bicyclic) bond motifs is 4. The fraction of sp³-hybridized carbons (Fsp3) is 0. The average Bonchev–Trinajstić information content (AvgIpc) is 4.24. The van der Waals surface area contributed by atoms with Crippen molar-refractivity contribution in [2.45, 2.75) is 0 Å². The van der Waals surface area contributed by atoms with Crippen molar-refractivity contribution in [3.63, 3.8) is 0 Å². The van der Waals surface area contributed by atoms with Gasteiger partial charge in [0.2, 0.25) is 0 Å². The van der Waals surface area contributed by atoms with Crippen LogP contribution >= 0.6 is 0 Å². The second-order valence-electron chi connectivity index (χ2n) is 14.8. The van der Waals surface area contributed by atoms with E-state index in [1.807, 2.05) is 24.3 Å². The van der Waals surface area contributed by atoms with Gasteiger partial charge in [-0.3, -0.25) is 0 Å². The van der Waals surface area contributed by atoms with Crippen LogP contribution < -0.4 is 24.8 Å². The quantitative estimate of drug-likeness (QED) is 0.122. The van der Waals surface area contributed by atoms with Crippen LogP contribution in [-0.4, -0.2) is 7.62 Å². The number of hydrogen-bond acceptors (Lipinski definition) is 0. The molecular weight excluding hydrogens is 911 g/mol. The van der Waals surface area contributed by atoms with Crippen molar-refractivity contribution in [2.75, 3.05) is 0 Å². The van der Waals surface area contributed by atoms with E-state index in [1.54, 1.807) is 0 Å². The minimum Gasteiger partial charge on any atom is -0.168 e. The summed E-state index contributed by atoms with van der Waals surface area (Å²) in [6.07, 6.45) is 0. The maximum Gasteiger partial charge on any atom is -0.0809 e. The monoisotopic (exact) mass is 958 g/mol. The first-order valence-corrected chi connectivity index (χ1v) is 23.0. The predicted molar refractivity (Wildman–Crippen MR) is 270 cm³/mol. The molecule has 0 bridgehead atoms. The van der Waals surface area contributed by atoms with E-state index in [2.05, 4.69) is 307 Å². The van der Waals surface area contributed by atoms with Gasteiger partial charge in [-0.15, -0.1) is 119 Å². The number of benzene rings is 8. The Labute approximate surface area is 425 Å². The first-order valence-electron chi connectivity index (χ1n) is 21.4. The molecule has 0 fully saturated rings. The Morgan fingerprint density at radius 3 is 0.606 bits per heavy atom. The minimum atomic E-state index is 0. The molecule has 0 saturated carbocycles. The van der Waals surface area contributed by atoms with Crippen LogP contribution in [0.3, 0.4) is 0 Å². The molecule has 0 heterocycles. The third kappa shape index (κ3) is 15.5. The maximum atomic E-state index is 2.16. The van der Waals surface area contributed by atoms with Crippen LogP contribution in [0.5, 0.6) is 0 Å². The van der Waals surface area contributed by atoms with Crippen LogP contribution in [0.1, 0.15) is 22.3 Å². The zero-order valence-electron chi connectivity index (χ0n) is 36.5. The normalized spacial score (nSPS) is 9.76. The molecule has 12 aromatic carbocycles. The van der Waals surface area contributed by atoms with E-state index in [9.17, 15) is 0 Å². The molecule has 0 aliphatic carbocycles. The van der Waals surface area contributed by atoms with Gasteiger partial charge in [0, 0.05) is 0 Å². The van der Waals surface area contributed by atoms with E-state index in [-0.39, 0.29) is 24.8 Å². The number of rotatable bonds is 4. The third-order valence-electron chi connectivity index (χ3n) is 10.4. The van der Waals surface area contributed by atoms with Crippen LogP contribution in [0.2, 0.25) is 0 Å². The Hall–Kier alpha value is -6.05. The molecule has 4 heteroatoms. The zero-order valence-corrected chi connectivity index (χ0v) is 41.1. The largest absolute Gasteiger partial charge is 0.168 e. The van der Waals surface area contributed by atoms with Gasteiger partial charge >= 0.3 is 191 Å². The van der Waals surface area contributed by atoms with E-state index < -0.39 is 0 Å². The molecule has 66 heavy (non-hydrogen) atoms. The van der Waals surface area contributed by atoms with Gasteiger partial charge in [-0.05, 0) is 0 Å². The topological polar surface area (TPSA) is 0 Å². The van der Waals surface area contributed by atoms with Crippen LogP contribution in [0.4, 0.5) is 0 Å². The van der Waals surface area contributed by atoms with Gasteiger partial charge in [-0.25, -0.2) is 0 Å². The molecule has 0 unspecified atom stereocenters. The minimum absolute atomic E-state index is 0. The van der Waals surface area contributed by atoms with Crippen LogP contribution in [0, 0.1) is 0 Å².